The molecule has 0 bridgehead atoms. The Morgan fingerprint density at radius 2 is 2.12 bits per heavy atom. The van der Waals surface area contributed by atoms with Crippen molar-refractivity contribution in [2.75, 3.05) is 43.6 Å². The maximum absolute atomic E-state index is 14.5. The minimum atomic E-state index is -0.598. The third-order valence-electron chi connectivity index (χ3n) is 4.79. The van der Waals surface area contributed by atoms with E-state index >= 15 is 0 Å². The van der Waals surface area contributed by atoms with Gasteiger partial charge in [0.05, 0.1) is 38.2 Å². The molecule has 3 rings (SSSR count). The lowest BCUT2D eigenvalue weighted by atomic mass is 10.2. The van der Waals surface area contributed by atoms with Crippen LogP contribution in [0.1, 0.15) is 13.3 Å². The molecule has 32 heavy (non-hydrogen) atoms. The van der Waals surface area contributed by atoms with E-state index in [1.807, 2.05) is 0 Å². The van der Waals surface area contributed by atoms with Crippen LogP contribution in [0, 0.1) is 5.82 Å². The molecule has 1 fully saturated rings. The molecule has 1 aliphatic rings. The number of rotatable bonds is 10. The molecule has 0 radical (unpaired) electrons. The Bertz CT molecular complexity index is 971. The number of aromatic hydroxyl groups is 1. The highest BCUT2D eigenvalue weighted by Gasteiger charge is 2.32. The van der Waals surface area contributed by atoms with Crippen molar-refractivity contribution in [3.05, 3.63) is 42.2 Å². The van der Waals surface area contributed by atoms with Crippen molar-refractivity contribution < 1.29 is 33.3 Å². The van der Waals surface area contributed by atoms with Gasteiger partial charge < -0.3 is 30.0 Å². The largest absolute Gasteiger partial charge is 0.503 e. The maximum atomic E-state index is 14.5. The first-order valence-corrected chi connectivity index (χ1v) is 10.1. The number of para-hydroxylation sites is 1. The van der Waals surface area contributed by atoms with Gasteiger partial charge in [-0.2, -0.15) is 0 Å². The van der Waals surface area contributed by atoms with Crippen molar-refractivity contribution in [1.29, 1.82) is 0 Å². The Morgan fingerprint density at radius 1 is 1.31 bits per heavy atom. The molecule has 0 spiro atoms. The first-order valence-electron chi connectivity index (χ1n) is 10.1. The first-order chi connectivity index (χ1) is 15.4. The van der Waals surface area contributed by atoms with Gasteiger partial charge >= 0.3 is 6.09 Å². The quantitative estimate of drug-likeness (QED) is 0.380. The van der Waals surface area contributed by atoms with E-state index < -0.39 is 18.0 Å². The van der Waals surface area contributed by atoms with Gasteiger partial charge in [0.25, 0.3) is 0 Å². The molecular formula is C22H26FN3O6. The summed E-state index contributed by atoms with van der Waals surface area (Å²) in [5.74, 6) is -0.351. The third kappa shape index (κ3) is 5.71. The number of nitrogens with one attached hydrogen (secondary N) is 2. The molecule has 1 saturated heterocycles. The highest BCUT2D eigenvalue weighted by Crippen LogP contribution is 2.33. The number of carbonyl (C=O) groups excluding carboxylic acids is 2. The van der Waals surface area contributed by atoms with Gasteiger partial charge in [-0.1, -0.05) is 6.07 Å². The number of anilines is 2. The number of halogens is 1. The van der Waals surface area contributed by atoms with Gasteiger partial charge in [-0.3, -0.25) is 9.69 Å². The molecule has 1 atom stereocenters. The van der Waals surface area contributed by atoms with Gasteiger partial charge in [-0.05, 0) is 30.7 Å². The van der Waals surface area contributed by atoms with E-state index in [0.717, 1.165) is 0 Å². The summed E-state index contributed by atoms with van der Waals surface area (Å²) in [5, 5.41) is 15.7. The number of methoxy groups -OCH3 is 1. The Morgan fingerprint density at radius 3 is 2.84 bits per heavy atom. The average molecular weight is 447 g/mol. The molecule has 172 valence electrons. The van der Waals surface area contributed by atoms with Crippen LogP contribution in [0.15, 0.2) is 36.4 Å². The molecule has 9 nitrogen and oxygen atoms in total. The molecule has 2 aromatic rings. The van der Waals surface area contributed by atoms with Crippen molar-refractivity contribution >= 4 is 23.4 Å². The number of hydrogen-bond donors (Lipinski definition) is 3. The van der Waals surface area contributed by atoms with Crippen LogP contribution < -0.4 is 25.0 Å². The molecule has 1 heterocycles. The number of hydrogen-bond acceptors (Lipinski definition) is 7. The van der Waals surface area contributed by atoms with Gasteiger partial charge in [0.1, 0.15) is 6.10 Å². The fourth-order valence-corrected chi connectivity index (χ4v) is 3.18. The highest BCUT2D eigenvalue weighted by atomic mass is 19.1. The van der Waals surface area contributed by atoms with Crippen LogP contribution in [0.5, 0.6) is 17.2 Å². The predicted octanol–water partition coefficient (Wildman–Crippen LogP) is 2.88. The molecule has 3 N–H and O–H groups in total. The number of phenols is 1. The van der Waals surface area contributed by atoms with E-state index in [4.69, 9.17) is 14.2 Å². The van der Waals surface area contributed by atoms with Crippen molar-refractivity contribution in [1.82, 2.24) is 5.32 Å². The molecular weight excluding hydrogens is 421 g/mol. The molecule has 0 aliphatic carbocycles. The monoisotopic (exact) mass is 447 g/mol. The first kappa shape index (κ1) is 23.0. The van der Waals surface area contributed by atoms with E-state index in [1.165, 1.54) is 31.1 Å². The normalized spacial score (nSPS) is 15.3. The standard InChI is InChI=1S/C22H26FN3O6/c1-14(27)25-12-16-13-26(22(29)32-16)15-7-8-19(17(23)11-15)31-10-4-9-24-18-5-3-6-20(30-2)21(18)28/h3,5-8,11,16,24,28H,4,9-10,12-13H2,1-2H3,(H,25,27). The van der Waals surface area contributed by atoms with Gasteiger partial charge in [0.2, 0.25) is 5.91 Å². The Labute approximate surface area is 185 Å². The highest BCUT2D eigenvalue weighted by molar-refractivity contribution is 5.90. The van der Waals surface area contributed by atoms with Crippen LogP contribution in [0.4, 0.5) is 20.6 Å². The molecule has 0 aromatic heterocycles. The molecule has 1 aliphatic heterocycles. The lowest BCUT2D eigenvalue weighted by Crippen LogP contribution is -2.33. The summed E-state index contributed by atoms with van der Waals surface area (Å²) < 4.78 is 30.2. The fraction of sp³-hybridized carbons (Fsp3) is 0.364. The Hall–Kier alpha value is -3.69. The fourth-order valence-electron chi connectivity index (χ4n) is 3.18. The van der Waals surface area contributed by atoms with E-state index in [0.29, 0.717) is 30.1 Å². The molecule has 2 aromatic carbocycles. The van der Waals surface area contributed by atoms with Crippen LogP contribution in [0.25, 0.3) is 0 Å². The summed E-state index contributed by atoms with van der Waals surface area (Å²) in [6.45, 7) is 2.53. The number of phenolic OH excluding ortho intramolecular Hbond substituents is 1. The summed E-state index contributed by atoms with van der Waals surface area (Å²) in [5.41, 5.74) is 0.884. The maximum Gasteiger partial charge on any atom is 0.414 e. The second kappa shape index (κ2) is 10.6. The van der Waals surface area contributed by atoms with Crippen LogP contribution in [-0.4, -0.2) is 56.6 Å². The molecule has 2 amide bonds. The summed E-state index contributed by atoms with van der Waals surface area (Å²) >= 11 is 0. The van der Waals surface area contributed by atoms with E-state index in [9.17, 15) is 19.1 Å². The number of cyclic esters (lactones) is 1. The zero-order chi connectivity index (χ0) is 23.1. The van der Waals surface area contributed by atoms with Crippen LogP contribution >= 0.6 is 0 Å². The van der Waals surface area contributed by atoms with Crippen molar-refractivity contribution in [2.45, 2.75) is 19.4 Å². The van der Waals surface area contributed by atoms with Crippen molar-refractivity contribution in [3.63, 3.8) is 0 Å². The minimum absolute atomic E-state index is 0.0253. The second-order valence-corrected chi connectivity index (χ2v) is 7.15. The predicted molar refractivity (Wildman–Crippen MR) is 116 cm³/mol. The molecule has 10 heteroatoms. The van der Waals surface area contributed by atoms with Crippen molar-refractivity contribution in [3.8, 4) is 17.2 Å². The zero-order valence-electron chi connectivity index (χ0n) is 17.9. The van der Waals surface area contributed by atoms with E-state index in [2.05, 4.69) is 10.6 Å². The zero-order valence-corrected chi connectivity index (χ0v) is 17.9. The lowest BCUT2D eigenvalue weighted by molar-refractivity contribution is -0.119. The number of amides is 2. The SMILES string of the molecule is COc1cccc(NCCCOc2ccc(N3CC(CNC(C)=O)OC3=O)cc2F)c1O. The lowest BCUT2D eigenvalue weighted by Gasteiger charge is -2.15. The van der Waals surface area contributed by atoms with E-state index in [-0.39, 0.29) is 37.1 Å². The van der Waals surface area contributed by atoms with Crippen molar-refractivity contribution in [2.24, 2.45) is 0 Å². The Balaban J connectivity index is 1.47. The Kier molecular flexibility index (Phi) is 7.58. The number of carbonyl (C=O) groups is 2. The second-order valence-electron chi connectivity index (χ2n) is 7.15. The van der Waals surface area contributed by atoms with E-state index in [1.54, 1.807) is 24.3 Å². The van der Waals surface area contributed by atoms with Crippen LogP contribution in [-0.2, 0) is 9.53 Å². The average Bonchev–Trinajstić information content (AvgIpc) is 3.14. The summed E-state index contributed by atoms with van der Waals surface area (Å²) in [6.07, 6.45) is -0.539. The molecule has 0 saturated carbocycles. The number of benzene rings is 2. The summed E-state index contributed by atoms with van der Waals surface area (Å²) in [7, 11) is 1.48. The van der Waals surface area contributed by atoms with Crippen LogP contribution in [0.3, 0.4) is 0 Å². The van der Waals surface area contributed by atoms with Gasteiger partial charge in [-0.25, -0.2) is 9.18 Å². The number of nitrogens with zero attached hydrogens (tertiary/aromatic N) is 1. The smallest absolute Gasteiger partial charge is 0.414 e. The summed E-state index contributed by atoms with van der Waals surface area (Å²) in [6, 6.07) is 9.38. The summed E-state index contributed by atoms with van der Waals surface area (Å²) in [4.78, 5) is 24.4. The molecule has 1 unspecified atom stereocenters. The van der Waals surface area contributed by atoms with Crippen LogP contribution in [0.2, 0.25) is 0 Å². The topological polar surface area (TPSA) is 109 Å². The van der Waals surface area contributed by atoms with Gasteiger partial charge in [0, 0.05) is 19.5 Å². The minimum Gasteiger partial charge on any atom is -0.503 e. The van der Waals surface area contributed by atoms with Gasteiger partial charge in [0.15, 0.2) is 23.1 Å². The number of ether oxygens (including phenoxy) is 3. The van der Waals surface area contributed by atoms with Gasteiger partial charge in [-0.15, -0.1) is 0 Å². The third-order valence-corrected chi connectivity index (χ3v) is 4.79.